The Morgan fingerprint density at radius 3 is 2.63 bits per heavy atom. The van der Waals surface area contributed by atoms with Crippen molar-refractivity contribution >= 4 is 5.91 Å². The highest BCUT2D eigenvalue weighted by Crippen LogP contribution is 2.41. The van der Waals surface area contributed by atoms with E-state index in [1.807, 2.05) is 28.7 Å². The van der Waals surface area contributed by atoms with Crippen LogP contribution in [0, 0.1) is 24.7 Å². The number of hydrogen-bond acceptors (Lipinski definition) is 4. The lowest BCUT2D eigenvalue weighted by Crippen LogP contribution is -2.36. The van der Waals surface area contributed by atoms with Gasteiger partial charge >= 0.3 is 0 Å². The summed E-state index contributed by atoms with van der Waals surface area (Å²) in [6, 6.07) is 1.87. The SMILES string of the molecule is Cc1ccn(CCC(C)C)c(=O)c1C(=O)N1C[C@H]2C[C@@H](n3ccnc3)[C@H](O)C[C@H]2C1. The molecule has 2 fully saturated rings. The lowest BCUT2D eigenvalue weighted by molar-refractivity contribution is 0.0357. The van der Waals surface area contributed by atoms with Crippen molar-refractivity contribution in [2.75, 3.05) is 13.1 Å². The number of fused-ring (bicyclic) bond motifs is 1. The topological polar surface area (TPSA) is 80.4 Å². The zero-order valence-electron chi connectivity index (χ0n) is 18.1. The van der Waals surface area contributed by atoms with Crippen molar-refractivity contribution in [2.45, 2.75) is 58.7 Å². The maximum absolute atomic E-state index is 13.3. The fraction of sp³-hybridized carbons (Fsp3) is 0.609. The van der Waals surface area contributed by atoms with Gasteiger partial charge in [-0.2, -0.15) is 0 Å². The Morgan fingerprint density at radius 1 is 1.23 bits per heavy atom. The van der Waals surface area contributed by atoms with Crippen molar-refractivity contribution in [2.24, 2.45) is 17.8 Å². The van der Waals surface area contributed by atoms with Crippen LogP contribution in [-0.4, -0.2) is 49.2 Å². The molecular weight excluding hydrogens is 380 g/mol. The molecule has 1 aliphatic carbocycles. The highest BCUT2D eigenvalue weighted by Gasteiger charge is 2.44. The van der Waals surface area contributed by atoms with E-state index in [0.29, 0.717) is 43.5 Å². The molecule has 0 radical (unpaired) electrons. The Morgan fingerprint density at radius 2 is 1.97 bits per heavy atom. The van der Waals surface area contributed by atoms with Gasteiger partial charge < -0.3 is 19.1 Å². The molecule has 162 valence electrons. The summed E-state index contributed by atoms with van der Waals surface area (Å²) in [6.45, 7) is 7.97. The minimum absolute atomic E-state index is 0.00414. The van der Waals surface area contributed by atoms with E-state index in [2.05, 4.69) is 18.8 Å². The number of amides is 1. The van der Waals surface area contributed by atoms with Crippen LogP contribution in [0.2, 0.25) is 0 Å². The van der Waals surface area contributed by atoms with Gasteiger partial charge in [-0.1, -0.05) is 13.8 Å². The number of imidazole rings is 1. The summed E-state index contributed by atoms with van der Waals surface area (Å²) in [5.74, 6) is 0.932. The second kappa shape index (κ2) is 8.38. The molecule has 3 heterocycles. The molecular formula is C23H32N4O3. The Kier molecular flexibility index (Phi) is 5.82. The molecule has 0 aromatic carbocycles. The summed E-state index contributed by atoms with van der Waals surface area (Å²) in [4.78, 5) is 32.3. The predicted octanol–water partition coefficient (Wildman–Crippen LogP) is 2.48. The number of nitrogens with zero attached hydrogens (tertiary/aromatic N) is 4. The van der Waals surface area contributed by atoms with Gasteiger partial charge in [0.2, 0.25) is 0 Å². The van der Waals surface area contributed by atoms with Crippen molar-refractivity contribution in [3.8, 4) is 0 Å². The van der Waals surface area contributed by atoms with Gasteiger partial charge in [0.25, 0.3) is 11.5 Å². The Labute approximate surface area is 177 Å². The van der Waals surface area contributed by atoms with E-state index < -0.39 is 6.10 Å². The van der Waals surface area contributed by atoms with Crippen molar-refractivity contribution in [1.29, 1.82) is 0 Å². The molecule has 1 N–H and O–H groups in total. The van der Waals surface area contributed by atoms with Crippen LogP contribution in [0.25, 0.3) is 0 Å². The van der Waals surface area contributed by atoms with Crippen LogP contribution in [0.4, 0.5) is 0 Å². The first-order valence-corrected chi connectivity index (χ1v) is 11.0. The Bertz CT molecular complexity index is 950. The quantitative estimate of drug-likeness (QED) is 0.818. The van der Waals surface area contributed by atoms with E-state index in [4.69, 9.17) is 0 Å². The first-order valence-electron chi connectivity index (χ1n) is 11.0. The van der Waals surface area contributed by atoms with Crippen molar-refractivity contribution in [1.82, 2.24) is 19.0 Å². The van der Waals surface area contributed by atoms with E-state index in [1.54, 1.807) is 23.3 Å². The zero-order chi connectivity index (χ0) is 21.4. The molecule has 7 heteroatoms. The maximum Gasteiger partial charge on any atom is 0.263 e. The molecule has 1 saturated carbocycles. The van der Waals surface area contributed by atoms with E-state index in [1.165, 1.54) is 0 Å². The van der Waals surface area contributed by atoms with Gasteiger partial charge in [0, 0.05) is 38.2 Å². The smallest absolute Gasteiger partial charge is 0.263 e. The molecule has 2 aromatic rings. The van der Waals surface area contributed by atoms with Crippen LogP contribution in [0.3, 0.4) is 0 Å². The molecule has 0 unspecified atom stereocenters. The highest BCUT2D eigenvalue weighted by molar-refractivity contribution is 5.95. The van der Waals surface area contributed by atoms with E-state index in [-0.39, 0.29) is 23.4 Å². The van der Waals surface area contributed by atoms with Crippen LogP contribution in [0.1, 0.15) is 55.1 Å². The van der Waals surface area contributed by atoms with Crippen molar-refractivity contribution < 1.29 is 9.90 Å². The molecule has 2 aliphatic rings. The molecule has 1 aliphatic heterocycles. The molecule has 2 aromatic heterocycles. The summed E-state index contributed by atoms with van der Waals surface area (Å²) in [5.41, 5.74) is 0.843. The Hall–Kier alpha value is -2.41. The molecule has 1 amide bonds. The molecule has 4 atom stereocenters. The number of likely N-dealkylation sites (tertiary alicyclic amines) is 1. The zero-order valence-corrected chi connectivity index (χ0v) is 18.1. The van der Waals surface area contributed by atoms with Gasteiger partial charge in [0.15, 0.2) is 0 Å². The monoisotopic (exact) mass is 412 g/mol. The summed E-state index contributed by atoms with van der Waals surface area (Å²) in [7, 11) is 0. The number of rotatable bonds is 5. The summed E-state index contributed by atoms with van der Waals surface area (Å²) >= 11 is 0. The molecule has 1 saturated heterocycles. The van der Waals surface area contributed by atoms with E-state index in [9.17, 15) is 14.7 Å². The minimum atomic E-state index is -0.442. The van der Waals surface area contributed by atoms with E-state index >= 15 is 0 Å². The van der Waals surface area contributed by atoms with Gasteiger partial charge in [-0.25, -0.2) is 4.98 Å². The second-order valence-corrected chi connectivity index (χ2v) is 9.40. The standard InChI is InChI=1S/C23H32N4O3/c1-15(2)4-7-25-8-5-16(3)21(22(25)29)23(30)27-12-17-10-19(26-9-6-24-14-26)20(28)11-18(17)13-27/h5-6,8-9,14-15,17-20,28H,4,7,10-13H2,1-3H3/t17-,18+,19-,20-/m1/s1. The van der Waals surface area contributed by atoms with Gasteiger partial charge in [0.1, 0.15) is 5.56 Å². The van der Waals surface area contributed by atoms with Crippen LogP contribution in [-0.2, 0) is 6.54 Å². The predicted molar refractivity (Wildman–Crippen MR) is 114 cm³/mol. The lowest BCUT2D eigenvalue weighted by Gasteiger charge is -2.35. The average molecular weight is 413 g/mol. The van der Waals surface area contributed by atoms with Gasteiger partial charge in [0.05, 0.1) is 18.5 Å². The van der Waals surface area contributed by atoms with Crippen LogP contribution in [0.15, 0.2) is 35.8 Å². The average Bonchev–Trinajstić information content (AvgIpc) is 3.36. The Balaban J connectivity index is 1.52. The van der Waals surface area contributed by atoms with Crippen LogP contribution in [0.5, 0.6) is 0 Å². The van der Waals surface area contributed by atoms with Crippen molar-refractivity contribution in [3.63, 3.8) is 0 Å². The maximum atomic E-state index is 13.3. The third-order valence-corrected chi connectivity index (χ3v) is 6.84. The van der Waals surface area contributed by atoms with Gasteiger partial charge in [-0.05, 0) is 55.6 Å². The first-order chi connectivity index (χ1) is 14.3. The number of carbonyl (C=O) groups is 1. The molecule has 7 nitrogen and oxygen atoms in total. The van der Waals surface area contributed by atoms with E-state index in [0.717, 1.165) is 18.4 Å². The minimum Gasteiger partial charge on any atom is -0.391 e. The second-order valence-electron chi connectivity index (χ2n) is 9.40. The fourth-order valence-corrected chi connectivity index (χ4v) is 5.02. The third kappa shape index (κ3) is 3.95. The van der Waals surface area contributed by atoms with Gasteiger partial charge in [-0.3, -0.25) is 9.59 Å². The molecule has 0 bridgehead atoms. The molecule has 4 rings (SSSR count). The van der Waals surface area contributed by atoms with Crippen LogP contribution < -0.4 is 5.56 Å². The number of aliphatic hydroxyl groups excluding tert-OH is 1. The fourth-order valence-electron chi connectivity index (χ4n) is 5.02. The van der Waals surface area contributed by atoms with Crippen molar-refractivity contribution in [3.05, 3.63) is 52.5 Å². The first kappa shape index (κ1) is 20.8. The summed E-state index contributed by atoms with van der Waals surface area (Å²) in [6.07, 6.45) is 9.11. The number of aromatic nitrogens is 3. The molecule has 0 spiro atoms. The highest BCUT2D eigenvalue weighted by atomic mass is 16.3. The number of pyridine rings is 1. The normalized spacial score (nSPS) is 26.2. The summed E-state index contributed by atoms with van der Waals surface area (Å²) < 4.78 is 3.64. The lowest BCUT2D eigenvalue weighted by atomic mass is 9.77. The van der Waals surface area contributed by atoms with Gasteiger partial charge in [-0.15, -0.1) is 0 Å². The molecule has 30 heavy (non-hydrogen) atoms. The number of carbonyl (C=O) groups excluding carboxylic acids is 1. The summed E-state index contributed by atoms with van der Waals surface area (Å²) in [5, 5.41) is 10.7. The number of aryl methyl sites for hydroxylation is 2. The number of aliphatic hydroxyl groups is 1. The largest absolute Gasteiger partial charge is 0.391 e. The van der Waals surface area contributed by atoms with Crippen LogP contribution >= 0.6 is 0 Å². The number of hydrogen-bond donors (Lipinski definition) is 1. The third-order valence-electron chi connectivity index (χ3n) is 6.84.